The van der Waals surface area contributed by atoms with E-state index in [2.05, 4.69) is 46.2 Å². The number of thiol groups is 2. The van der Waals surface area contributed by atoms with Gasteiger partial charge >= 0.3 is 11.9 Å². The molecule has 1 aromatic rings. The van der Waals surface area contributed by atoms with Gasteiger partial charge in [0.2, 0.25) is 5.91 Å². The summed E-state index contributed by atoms with van der Waals surface area (Å²) in [4.78, 5) is 51.6. The average molecular weight is 671 g/mol. The lowest BCUT2D eigenvalue weighted by atomic mass is 9.86. The van der Waals surface area contributed by atoms with Crippen LogP contribution < -0.4 is 26.6 Å². The van der Waals surface area contributed by atoms with Gasteiger partial charge in [-0.1, -0.05) is 20.8 Å². The van der Waals surface area contributed by atoms with Gasteiger partial charge < -0.3 is 36.3 Å². The highest BCUT2D eigenvalue weighted by Gasteiger charge is 2.45. The second-order valence-corrected chi connectivity index (χ2v) is 13.4. The highest BCUT2D eigenvalue weighted by molar-refractivity contribution is 7.83. The Kier molecular flexibility index (Phi) is 10.7. The van der Waals surface area contributed by atoms with Crippen molar-refractivity contribution in [1.29, 1.82) is 0 Å². The zero-order valence-electron chi connectivity index (χ0n) is 26.5. The SMILES string of the molecule is CC1=C(/C=C/S)C(=O)N[C@@H]1/C=c1/[nH]/c(=C\C2=C(CCC(=O)O)C(C)[C@@](O)(/C=C3\NC(=O)[C@H](C)[C@H]3[C@H](C)S)N2)c(CCC(=O)O)c1C. The molecule has 6 atom stereocenters. The molecular weight excluding hydrogens is 629 g/mol. The van der Waals surface area contributed by atoms with Gasteiger partial charge in [0.25, 0.3) is 5.91 Å². The molecule has 4 heterocycles. The van der Waals surface area contributed by atoms with Crippen molar-refractivity contribution < 1.29 is 34.5 Å². The minimum absolute atomic E-state index is 0.124. The second kappa shape index (κ2) is 14.0. The first-order valence-corrected chi connectivity index (χ1v) is 16.2. The third-order valence-corrected chi connectivity index (χ3v) is 9.74. The van der Waals surface area contributed by atoms with Gasteiger partial charge in [-0.3, -0.25) is 19.2 Å². The number of aliphatic hydroxyl groups is 1. The molecule has 3 aliphatic rings. The van der Waals surface area contributed by atoms with E-state index < -0.39 is 29.6 Å². The molecule has 1 unspecified atom stereocenters. The minimum Gasteiger partial charge on any atom is -0.481 e. The Morgan fingerprint density at radius 2 is 1.72 bits per heavy atom. The summed E-state index contributed by atoms with van der Waals surface area (Å²) in [5.74, 6) is -3.50. The van der Waals surface area contributed by atoms with E-state index >= 15 is 0 Å². The molecule has 0 radical (unpaired) electrons. The van der Waals surface area contributed by atoms with Crippen LogP contribution >= 0.6 is 25.3 Å². The van der Waals surface area contributed by atoms with Crippen molar-refractivity contribution in [2.24, 2.45) is 17.8 Å². The highest BCUT2D eigenvalue weighted by atomic mass is 32.1. The third-order valence-electron chi connectivity index (χ3n) is 9.27. The Hall–Kier alpha value is -3.68. The lowest BCUT2D eigenvalue weighted by Crippen LogP contribution is -2.44. The highest BCUT2D eigenvalue weighted by Crippen LogP contribution is 2.40. The number of rotatable bonds is 11. The largest absolute Gasteiger partial charge is 0.481 e. The van der Waals surface area contributed by atoms with E-state index in [-0.39, 0.29) is 54.6 Å². The summed E-state index contributed by atoms with van der Waals surface area (Å²) in [5, 5.41) is 42.6. The van der Waals surface area contributed by atoms with Crippen LogP contribution in [0.2, 0.25) is 0 Å². The average Bonchev–Trinajstić information content (AvgIpc) is 3.58. The molecule has 7 N–H and O–H groups in total. The number of allylic oxidation sites excluding steroid dienone is 2. The van der Waals surface area contributed by atoms with Gasteiger partial charge in [-0.15, -0.1) is 0 Å². The molecule has 13 heteroatoms. The van der Waals surface area contributed by atoms with Gasteiger partial charge in [0, 0.05) is 63.5 Å². The maximum absolute atomic E-state index is 12.5. The predicted octanol–water partition coefficient (Wildman–Crippen LogP) is 1.79. The van der Waals surface area contributed by atoms with Crippen molar-refractivity contribution in [2.75, 3.05) is 0 Å². The topological polar surface area (TPSA) is 181 Å². The summed E-state index contributed by atoms with van der Waals surface area (Å²) < 4.78 is 0. The maximum Gasteiger partial charge on any atom is 0.303 e. The first-order valence-electron chi connectivity index (χ1n) is 15.2. The number of hydrogen-bond donors (Lipinski definition) is 9. The number of amides is 2. The number of hydrogen-bond acceptors (Lipinski definition) is 8. The van der Waals surface area contributed by atoms with Gasteiger partial charge in [-0.2, -0.15) is 25.3 Å². The van der Waals surface area contributed by atoms with E-state index in [9.17, 15) is 34.5 Å². The summed E-state index contributed by atoms with van der Waals surface area (Å²) in [6.45, 7) is 9.21. The zero-order chi connectivity index (χ0) is 34.1. The number of aromatic nitrogens is 1. The molecule has 0 bridgehead atoms. The first-order chi connectivity index (χ1) is 21.6. The number of carbonyl (C=O) groups is 4. The van der Waals surface area contributed by atoms with Crippen molar-refractivity contribution in [3.8, 4) is 0 Å². The fourth-order valence-corrected chi connectivity index (χ4v) is 7.13. The molecule has 1 saturated heterocycles. The molecule has 46 heavy (non-hydrogen) atoms. The number of aliphatic carboxylic acids is 2. The lowest BCUT2D eigenvalue weighted by Gasteiger charge is -2.29. The molecule has 0 aliphatic carbocycles. The lowest BCUT2D eigenvalue weighted by molar-refractivity contribution is -0.138. The summed E-state index contributed by atoms with van der Waals surface area (Å²) >= 11 is 8.67. The summed E-state index contributed by atoms with van der Waals surface area (Å²) in [7, 11) is 0. The summed E-state index contributed by atoms with van der Waals surface area (Å²) in [6.07, 6.45) is 6.94. The van der Waals surface area contributed by atoms with Crippen molar-refractivity contribution in [1.82, 2.24) is 20.9 Å². The Morgan fingerprint density at radius 3 is 2.33 bits per heavy atom. The molecule has 0 aromatic carbocycles. The molecular formula is C33H42N4O7S2. The van der Waals surface area contributed by atoms with Crippen LogP contribution in [-0.4, -0.2) is 61.1 Å². The van der Waals surface area contributed by atoms with Crippen LogP contribution in [0.15, 0.2) is 45.7 Å². The normalized spacial score (nSPS) is 28.9. The molecule has 0 saturated carbocycles. The van der Waals surface area contributed by atoms with Crippen LogP contribution in [0, 0.1) is 24.7 Å². The molecule has 11 nitrogen and oxygen atoms in total. The van der Waals surface area contributed by atoms with Gasteiger partial charge in [-0.05, 0) is 78.7 Å². The third kappa shape index (κ3) is 7.16. The second-order valence-electron chi connectivity index (χ2n) is 12.3. The standard InChI is InChI=1S/C33H42N4O7S2/c1-15-20(6-8-28(38)39)25(34-23(15)12-24-16(2)21(10-11-45)32(43)35-24)13-26-22(7-9-29(40)41)18(4)33(44,37-26)14-27-30(19(5)46)17(3)31(42)36-27/h10-14,17-19,24,30,34,37,44-46H,6-9H2,1-5H3,(H,35,43)(H,36,42)(H,38,39)(H,40,41)/b11-10+,23-12+,25-13-,27-14-/t17-,18?,19+,24-,30+,33+/m1/s1. The summed E-state index contributed by atoms with van der Waals surface area (Å²) in [6, 6.07) is -0.401. The van der Waals surface area contributed by atoms with Crippen LogP contribution in [-0.2, 0) is 25.6 Å². The zero-order valence-corrected chi connectivity index (χ0v) is 28.3. The Morgan fingerprint density at radius 1 is 1.07 bits per heavy atom. The quantitative estimate of drug-likeness (QED) is 0.160. The number of nitrogens with one attached hydrogen (secondary N) is 4. The monoisotopic (exact) mass is 670 g/mol. The number of aromatic amines is 1. The fraction of sp³-hybridized carbons (Fsp3) is 0.455. The molecule has 1 fully saturated rings. The first kappa shape index (κ1) is 35.2. The Labute approximate surface area is 278 Å². The maximum atomic E-state index is 12.5. The predicted molar refractivity (Wildman–Crippen MR) is 181 cm³/mol. The van der Waals surface area contributed by atoms with E-state index in [0.29, 0.717) is 33.2 Å². The molecule has 3 aliphatic heterocycles. The molecule has 1 aromatic heterocycles. The fourth-order valence-electron chi connectivity index (χ4n) is 6.56. The number of carbonyl (C=O) groups excluding carboxylic acids is 2. The Bertz CT molecular complexity index is 1700. The minimum atomic E-state index is -1.65. The summed E-state index contributed by atoms with van der Waals surface area (Å²) in [5.41, 5.74) is 2.93. The van der Waals surface area contributed by atoms with Gasteiger partial charge in [0.15, 0.2) is 5.72 Å². The van der Waals surface area contributed by atoms with Crippen molar-refractivity contribution >= 4 is 61.2 Å². The van der Waals surface area contributed by atoms with E-state index in [1.165, 1.54) is 5.41 Å². The molecule has 248 valence electrons. The van der Waals surface area contributed by atoms with Gasteiger partial charge in [0.05, 0.1) is 6.04 Å². The number of H-pyrrole nitrogens is 1. The number of carboxylic acid groups (broad SMARTS) is 2. The van der Waals surface area contributed by atoms with Crippen molar-refractivity contribution in [2.45, 2.75) is 77.3 Å². The van der Waals surface area contributed by atoms with Crippen molar-refractivity contribution in [3.05, 3.63) is 67.5 Å². The van der Waals surface area contributed by atoms with Crippen LogP contribution in [0.25, 0.3) is 12.2 Å². The van der Waals surface area contributed by atoms with Gasteiger partial charge in [-0.25, -0.2) is 0 Å². The Balaban J connectivity index is 1.85. The van der Waals surface area contributed by atoms with Gasteiger partial charge in [0.1, 0.15) is 0 Å². The van der Waals surface area contributed by atoms with Crippen LogP contribution in [0.1, 0.15) is 58.1 Å². The van der Waals surface area contributed by atoms with Crippen LogP contribution in [0.4, 0.5) is 0 Å². The number of carboxylic acids is 2. The molecule has 2 amide bonds. The van der Waals surface area contributed by atoms with E-state index in [1.54, 1.807) is 25.2 Å². The van der Waals surface area contributed by atoms with Crippen molar-refractivity contribution in [3.63, 3.8) is 0 Å². The van der Waals surface area contributed by atoms with E-state index in [0.717, 1.165) is 16.7 Å². The van der Waals surface area contributed by atoms with E-state index in [4.69, 9.17) is 0 Å². The van der Waals surface area contributed by atoms with Crippen LogP contribution in [0.3, 0.4) is 0 Å². The molecule has 4 rings (SSSR count). The van der Waals surface area contributed by atoms with Crippen LogP contribution in [0.5, 0.6) is 0 Å². The molecule has 0 spiro atoms. The van der Waals surface area contributed by atoms with E-state index in [1.807, 2.05) is 33.8 Å². The smallest absolute Gasteiger partial charge is 0.303 e.